The van der Waals surface area contributed by atoms with Gasteiger partial charge in [-0.25, -0.2) is 14.2 Å². The van der Waals surface area contributed by atoms with E-state index in [4.69, 9.17) is 0 Å². The Morgan fingerprint density at radius 3 is 2.43 bits per heavy atom. The van der Waals surface area contributed by atoms with Crippen LogP contribution in [0.5, 0.6) is 0 Å². The van der Waals surface area contributed by atoms with Gasteiger partial charge in [0.05, 0.1) is 22.6 Å². The summed E-state index contributed by atoms with van der Waals surface area (Å²) in [6, 6.07) is 1.03. The van der Waals surface area contributed by atoms with Crippen LogP contribution in [0.2, 0.25) is 0 Å². The van der Waals surface area contributed by atoms with Crippen molar-refractivity contribution in [2.24, 2.45) is 7.05 Å². The molecule has 0 aliphatic carbocycles. The molecule has 4 heterocycles. The van der Waals surface area contributed by atoms with Gasteiger partial charge in [0.2, 0.25) is 5.95 Å². The van der Waals surface area contributed by atoms with Crippen LogP contribution in [0.3, 0.4) is 0 Å². The third-order valence-electron chi connectivity index (χ3n) is 4.97. The fourth-order valence-corrected chi connectivity index (χ4v) is 3.29. The van der Waals surface area contributed by atoms with E-state index in [1.54, 1.807) is 25.6 Å². The molecule has 0 unspecified atom stereocenters. The van der Waals surface area contributed by atoms with Crippen molar-refractivity contribution in [1.82, 2.24) is 29.4 Å². The van der Waals surface area contributed by atoms with Crippen LogP contribution < -0.4 is 4.90 Å². The van der Waals surface area contributed by atoms with E-state index in [-0.39, 0.29) is 11.3 Å². The van der Waals surface area contributed by atoms with Gasteiger partial charge in [0, 0.05) is 20.1 Å². The molecule has 28 heavy (non-hydrogen) atoms. The Labute approximate surface area is 159 Å². The highest BCUT2D eigenvalue weighted by Gasteiger charge is 2.34. The molecular weight excluding hydrogens is 371 g/mol. The zero-order valence-electron chi connectivity index (χ0n) is 15.8. The molecule has 1 fully saturated rings. The quantitative estimate of drug-likeness (QED) is 0.686. The number of fused-ring (bicyclic) bond motifs is 1. The normalized spacial score (nSPS) is 15.4. The number of hydrogen-bond acceptors (Lipinski definition) is 5. The van der Waals surface area contributed by atoms with Crippen LogP contribution in [-0.2, 0) is 13.2 Å². The van der Waals surface area contributed by atoms with Crippen LogP contribution in [0.1, 0.15) is 41.3 Å². The first-order valence-electron chi connectivity index (χ1n) is 9.02. The van der Waals surface area contributed by atoms with Gasteiger partial charge in [-0.15, -0.1) is 5.10 Å². The Morgan fingerprint density at radius 2 is 1.75 bits per heavy atom. The standard InChI is InChI=1S/C18H20F3N7/c1-11-12(2)28-16(22-11)10-13(18(19,20)21)14(24-28)6-7-15-23-17(25-26(15)3)27-8-4-5-9-27/h6-7,10H,4-5,8-9H2,1-3H3/b7-6+. The average molecular weight is 391 g/mol. The summed E-state index contributed by atoms with van der Waals surface area (Å²) in [4.78, 5) is 10.7. The monoisotopic (exact) mass is 391 g/mol. The van der Waals surface area contributed by atoms with E-state index in [1.807, 2.05) is 0 Å². The van der Waals surface area contributed by atoms with Crippen molar-refractivity contribution in [3.05, 3.63) is 34.5 Å². The van der Waals surface area contributed by atoms with Crippen molar-refractivity contribution in [3.63, 3.8) is 0 Å². The first-order chi connectivity index (χ1) is 13.2. The molecule has 0 N–H and O–H groups in total. The smallest absolute Gasteiger partial charge is 0.340 e. The highest BCUT2D eigenvalue weighted by Crippen LogP contribution is 2.33. The number of anilines is 1. The van der Waals surface area contributed by atoms with E-state index >= 15 is 0 Å². The fraction of sp³-hybridized carbons (Fsp3) is 0.444. The molecule has 0 saturated carbocycles. The highest BCUT2D eigenvalue weighted by molar-refractivity contribution is 5.68. The van der Waals surface area contributed by atoms with E-state index in [2.05, 4.69) is 25.1 Å². The Hall–Kier alpha value is -2.91. The summed E-state index contributed by atoms with van der Waals surface area (Å²) in [7, 11) is 1.72. The van der Waals surface area contributed by atoms with Gasteiger partial charge in [-0.05, 0) is 44.9 Å². The fourth-order valence-electron chi connectivity index (χ4n) is 3.29. The molecule has 10 heteroatoms. The molecule has 0 amide bonds. The summed E-state index contributed by atoms with van der Waals surface area (Å²) in [5.41, 5.74) is 0.502. The van der Waals surface area contributed by atoms with Gasteiger partial charge in [0.25, 0.3) is 0 Å². The van der Waals surface area contributed by atoms with Crippen LogP contribution in [0.4, 0.5) is 19.1 Å². The number of imidazole rings is 1. The zero-order chi connectivity index (χ0) is 20.1. The van der Waals surface area contributed by atoms with Crippen LogP contribution in [0.15, 0.2) is 6.07 Å². The van der Waals surface area contributed by atoms with Crippen LogP contribution >= 0.6 is 0 Å². The summed E-state index contributed by atoms with van der Waals surface area (Å²) in [5, 5.41) is 8.54. The summed E-state index contributed by atoms with van der Waals surface area (Å²) in [6.07, 6.45) is 0.477. The van der Waals surface area contributed by atoms with Gasteiger partial charge in [-0.3, -0.25) is 0 Å². The largest absolute Gasteiger partial charge is 0.418 e. The molecule has 3 aromatic rings. The number of halogens is 3. The first-order valence-corrected chi connectivity index (χ1v) is 9.02. The topological polar surface area (TPSA) is 64.1 Å². The minimum atomic E-state index is -4.54. The molecule has 4 rings (SSSR count). The van der Waals surface area contributed by atoms with Crippen molar-refractivity contribution in [2.45, 2.75) is 32.9 Å². The van der Waals surface area contributed by atoms with Crippen LogP contribution in [0.25, 0.3) is 17.8 Å². The lowest BCUT2D eigenvalue weighted by Crippen LogP contribution is -2.19. The molecule has 0 radical (unpaired) electrons. The van der Waals surface area contributed by atoms with E-state index < -0.39 is 11.7 Å². The Bertz CT molecular complexity index is 1060. The highest BCUT2D eigenvalue weighted by atomic mass is 19.4. The molecular formula is C18H20F3N7. The third kappa shape index (κ3) is 3.23. The molecule has 7 nitrogen and oxygen atoms in total. The van der Waals surface area contributed by atoms with E-state index in [9.17, 15) is 13.2 Å². The number of nitrogens with zero attached hydrogens (tertiary/aromatic N) is 7. The average Bonchev–Trinajstić information content (AvgIpc) is 3.33. The van der Waals surface area contributed by atoms with Gasteiger partial charge in [-0.2, -0.15) is 23.3 Å². The van der Waals surface area contributed by atoms with E-state index in [0.717, 1.165) is 32.0 Å². The second kappa shape index (κ2) is 6.61. The maximum Gasteiger partial charge on any atom is 0.418 e. The van der Waals surface area contributed by atoms with Crippen molar-refractivity contribution < 1.29 is 13.2 Å². The lowest BCUT2D eigenvalue weighted by atomic mass is 10.2. The summed E-state index contributed by atoms with van der Waals surface area (Å²) in [6.45, 7) is 5.30. The molecule has 1 saturated heterocycles. The van der Waals surface area contributed by atoms with Gasteiger partial charge in [0.1, 0.15) is 0 Å². The maximum atomic E-state index is 13.5. The second-order valence-electron chi connectivity index (χ2n) is 6.91. The van der Waals surface area contributed by atoms with Crippen molar-refractivity contribution in [1.29, 1.82) is 0 Å². The summed E-state index contributed by atoms with van der Waals surface area (Å²) >= 11 is 0. The predicted octanol–water partition coefficient (Wildman–Crippen LogP) is 3.26. The van der Waals surface area contributed by atoms with E-state index in [1.165, 1.54) is 16.7 Å². The van der Waals surface area contributed by atoms with Crippen molar-refractivity contribution in [3.8, 4) is 0 Å². The van der Waals surface area contributed by atoms with Crippen molar-refractivity contribution >= 4 is 23.7 Å². The van der Waals surface area contributed by atoms with Gasteiger partial charge < -0.3 is 4.90 Å². The van der Waals surface area contributed by atoms with Gasteiger partial charge >= 0.3 is 6.18 Å². The maximum absolute atomic E-state index is 13.5. The van der Waals surface area contributed by atoms with Gasteiger partial charge in [-0.1, -0.05) is 0 Å². The first kappa shape index (κ1) is 18.5. The predicted molar refractivity (Wildman–Crippen MR) is 98.8 cm³/mol. The van der Waals surface area contributed by atoms with Crippen molar-refractivity contribution in [2.75, 3.05) is 18.0 Å². The Morgan fingerprint density at radius 1 is 1.04 bits per heavy atom. The minimum absolute atomic E-state index is 0.175. The summed E-state index contributed by atoms with van der Waals surface area (Å²) < 4.78 is 43.6. The number of hydrogen-bond donors (Lipinski definition) is 0. The zero-order valence-corrected chi connectivity index (χ0v) is 15.8. The lowest BCUT2D eigenvalue weighted by Gasteiger charge is -2.10. The molecule has 1 aliphatic rings. The van der Waals surface area contributed by atoms with Crippen LogP contribution in [-0.4, -0.2) is 42.5 Å². The molecule has 1 aliphatic heterocycles. The minimum Gasteiger partial charge on any atom is -0.340 e. The van der Waals surface area contributed by atoms with Gasteiger partial charge in [0.15, 0.2) is 11.5 Å². The third-order valence-corrected chi connectivity index (χ3v) is 4.97. The van der Waals surface area contributed by atoms with E-state index in [0.29, 0.717) is 23.2 Å². The number of rotatable bonds is 3. The molecule has 0 aromatic carbocycles. The number of aromatic nitrogens is 6. The number of aryl methyl sites for hydroxylation is 3. The molecule has 0 atom stereocenters. The SMILES string of the molecule is Cc1nc2cc(C(F)(F)F)c(/C=C/c3nc(N4CCCC4)nn3C)nn2c1C. The lowest BCUT2D eigenvalue weighted by molar-refractivity contribution is -0.138. The summed E-state index contributed by atoms with van der Waals surface area (Å²) in [5.74, 6) is 1.07. The molecule has 3 aromatic heterocycles. The van der Waals surface area contributed by atoms with Crippen LogP contribution in [0, 0.1) is 13.8 Å². The Balaban J connectivity index is 1.75. The molecule has 148 valence electrons. The molecule has 0 bridgehead atoms. The number of alkyl halides is 3. The Kier molecular flexibility index (Phi) is 4.35. The molecule has 0 spiro atoms. The second-order valence-corrected chi connectivity index (χ2v) is 6.91.